The van der Waals surface area contributed by atoms with Crippen LogP contribution in [0.2, 0.25) is 0 Å². The molecular formula is C10H14O6. The van der Waals surface area contributed by atoms with Crippen LogP contribution >= 0.6 is 0 Å². The summed E-state index contributed by atoms with van der Waals surface area (Å²) >= 11 is 0. The molecule has 16 heavy (non-hydrogen) atoms. The Bertz CT molecular complexity index is 276. The van der Waals surface area contributed by atoms with Crippen LogP contribution in [0.15, 0.2) is 24.3 Å². The molecule has 0 aliphatic rings. The van der Waals surface area contributed by atoms with Gasteiger partial charge in [0.15, 0.2) is 0 Å². The van der Waals surface area contributed by atoms with Gasteiger partial charge in [0.2, 0.25) is 0 Å². The molecule has 0 bridgehead atoms. The van der Waals surface area contributed by atoms with Crippen LogP contribution in [0.5, 0.6) is 0 Å². The fourth-order valence-corrected chi connectivity index (χ4v) is 0.463. The Hall–Kier alpha value is -2.11. The van der Waals surface area contributed by atoms with E-state index in [2.05, 4.69) is 0 Å². The van der Waals surface area contributed by atoms with Gasteiger partial charge in [0.25, 0.3) is 0 Å². The zero-order valence-electron chi connectivity index (χ0n) is 8.79. The number of allylic oxidation sites excluding steroid dienone is 3. The van der Waals surface area contributed by atoms with Gasteiger partial charge in [-0.15, -0.1) is 0 Å². The van der Waals surface area contributed by atoms with E-state index in [0.29, 0.717) is 0 Å². The maximum absolute atomic E-state index is 9.75. The Morgan fingerprint density at radius 3 is 1.62 bits per heavy atom. The minimum Gasteiger partial charge on any atom is -0.481 e. The van der Waals surface area contributed by atoms with Gasteiger partial charge in [0.05, 0.1) is 12.8 Å². The summed E-state index contributed by atoms with van der Waals surface area (Å²) in [4.78, 5) is 29.0. The minimum atomic E-state index is -1.08. The molecule has 0 saturated carbocycles. The van der Waals surface area contributed by atoms with Gasteiger partial charge in [-0.1, -0.05) is 18.2 Å². The molecule has 0 heterocycles. The first kappa shape index (κ1) is 16.3. The third kappa shape index (κ3) is 22.7. The second-order valence-electron chi connectivity index (χ2n) is 2.51. The molecule has 0 atom stereocenters. The maximum Gasteiger partial charge on any atom is 0.328 e. The summed E-state index contributed by atoms with van der Waals surface area (Å²) in [6.07, 6.45) is 5.39. The average molecular weight is 230 g/mol. The lowest BCUT2D eigenvalue weighted by Gasteiger charge is -1.85. The molecule has 90 valence electrons. The van der Waals surface area contributed by atoms with Gasteiger partial charge in [-0.2, -0.15) is 0 Å². The van der Waals surface area contributed by atoms with Crippen LogP contribution in [0.25, 0.3) is 0 Å². The average Bonchev–Trinajstić information content (AvgIpc) is 2.16. The first-order valence-electron chi connectivity index (χ1n) is 4.36. The van der Waals surface area contributed by atoms with E-state index in [-0.39, 0.29) is 12.8 Å². The van der Waals surface area contributed by atoms with Gasteiger partial charge in [-0.3, -0.25) is 9.59 Å². The third-order valence-electron chi connectivity index (χ3n) is 1.10. The van der Waals surface area contributed by atoms with Gasteiger partial charge in [-0.05, 0) is 6.92 Å². The molecule has 3 N–H and O–H groups in total. The van der Waals surface area contributed by atoms with Crippen molar-refractivity contribution in [2.24, 2.45) is 0 Å². The second kappa shape index (κ2) is 11.0. The van der Waals surface area contributed by atoms with Crippen LogP contribution in [-0.4, -0.2) is 33.2 Å². The Morgan fingerprint density at radius 2 is 1.38 bits per heavy atom. The lowest BCUT2D eigenvalue weighted by Crippen LogP contribution is -2.00. The summed E-state index contributed by atoms with van der Waals surface area (Å²) in [6, 6.07) is 0. The zero-order valence-corrected chi connectivity index (χ0v) is 8.79. The lowest BCUT2D eigenvalue weighted by atomic mass is 10.3. The summed E-state index contributed by atoms with van der Waals surface area (Å²) in [5.74, 6) is -3.07. The smallest absolute Gasteiger partial charge is 0.328 e. The van der Waals surface area contributed by atoms with Crippen molar-refractivity contribution in [3.05, 3.63) is 24.3 Å². The summed E-state index contributed by atoms with van der Waals surface area (Å²) < 4.78 is 0. The van der Waals surface area contributed by atoms with E-state index in [1.165, 1.54) is 6.08 Å². The van der Waals surface area contributed by atoms with Crippen molar-refractivity contribution in [1.82, 2.24) is 0 Å². The molecule has 0 aliphatic carbocycles. The Kier molecular flexibility index (Phi) is 11.2. The van der Waals surface area contributed by atoms with E-state index in [1.807, 2.05) is 6.92 Å². The highest BCUT2D eigenvalue weighted by Crippen LogP contribution is 1.86. The minimum absolute atomic E-state index is 0.296. The molecule has 6 nitrogen and oxygen atoms in total. The van der Waals surface area contributed by atoms with Crippen molar-refractivity contribution in [2.45, 2.75) is 19.8 Å². The fourth-order valence-electron chi connectivity index (χ4n) is 0.463. The first-order valence-corrected chi connectivity index (χ1v) is 4.36. The molecule has 0 rings (SSSR count). The van der Waals surface area contributed by atoms with E-state index in [0.717, 1.165) is 6.08 Å². The van der Waals surface area contributed by atoms with Crippen molar-refractivity contribution in [1.29, 1.82) is 0 Å². The van der Waals surface area contributed by atoms with Crippen LogP contribution in [0.4, 0.5) is 0 Å². The Morgan fingerprint density at radius 1 is 0.938 bits per heavy atom. The molecule has 0 unspecified atom stereocenters. The molecular weight excluding hydrogens is 216 g/mol. The van der Waals surface area contributed by atoms with Crippen molar-refractivity contribution >= 4 is 17.9 Å². The van der Waals surface area contributed by atoms with E-state index in [4.69, 9.17) is 15.3 Å². The van der Waals surface area contributed by atoms with Crippen molar-refractivity contribution in [3.63, 3.8) is 0 Å². The van der Waals surface area contributed by atoms with E-state index < -0.39 is 17.9 Å². The number of hydrogen-bond acceptors (Lipinski definition) is 3. The standard InChI is InChI=1S/C6H8O2.C4H6O4/c1-2-3-4-5-6(7)8;5-3(6)1-2-4(7)8/h2-5H,1H3,(H,7,8);1-2H2,(H,5,6)(H,7,8). The normalized spacial score (nSPS) is 9.81. The summed E-state index contributed by atoms with van der Waals surface area (Å²) in [5.41, 5.74) is 0. The monoisotopic (exact) mass is 230 g/mol. The molecule has 0 saturated heterocycles. The summed E-state index contributed by atoms with van der Waals surface area (Å²) in [6.45, 7) is 1.83. The maximum atomic E-state index is 9.75. The highest BCUT2D eigenvalue weighted by atomic mass is 16.4. The van der Waals surface area contributed by atoms with Gasteiger partial charge in [-0.25, -0.2) is 4.79 Å². The van der Waals surface area contributed by atoms with Gasteiger partial charge in [0.1, 0.15) is 0 Å². The molecule has 0 spiro atoms. The molecule has 0 aliphatic heterocycles. The number of carbonyl (C=O) groups is 3. The first-order chi connectivity index (χ1) is 7.40. The topological polar surface area (TPSA) is 112 Å². The fraction of sp³-hybridized carbons (Fsp3) is 0.300. The number of hydrogen-bond donors (Lipinski definition) is 3. The summed E-state index contributed by atoms with van der Waals surface area (Å²) in [5, 5.41) is 23.8. The van der Waals surface area contributed by atoms with E-state index >= 15 is 0 Å². The van der Waals surface area contributed by atoms with Crippen molar-refractivity contribution in [3.8, 4) is 0 Å². The van der Waals surface area contributed by atoms with Crippen molar-refractivity contribution in [2.75, 3.05) is 0 Å². The number of aliphatic carboxylic acids is 3. The highest BCUT2D eigenvalue weighted by Gasteiger charge is 2.00. The highest BCUT2D eigenvalue weighted by molar-refractivity contribution is 5.80. The molecule has 6 heteroatoms. The predicted molar refractivity (Wildman–Crippen MR) is 56.1 cm³/mol. The zero-order chi connectivity index (χ0) is 13.0. The molecule has 0 fully saturated rings. The number of carboxylic acids is 3. The predicted octanol–water partition coefficient (Wildman–Crippen LogP) is 1.14. The van der Waals surface area contributed by atoms with Crippen LogP contribution in [0, 0.1) is 0 Å². The second-order valence-corrected chi connectivity index (χ2v) is 2.51. The third-order valence-corrected chi connectivity index (χ3v) is 1.10. The van der Waals surface area contributed by atoms with Crippen LogP contribution in [-0.2, 0) is 14.4 Å². The molecule has 0 aromatic rings. The molecule has 0 aromatic heterocycles. The van der Waals surface area contributed by atoms with E-state index in [9.17, 15) is 14.4 Å². The van der Waals surface area contributed by atoms with Gasteiger partial charge >= 0.3 is 17.9 Å². The summed E-state index contributed by atoms with van der Waals surface area (Å²) in [7, 11) is 0. The van der Waals surface area contributed by atoms with Gasteiger partial charge < -0.3 is 15.3 Å². The van der Waals surface area contributed by atoms with Crippen LogP contribution in [0.3, 0.4) is 0 Å². The van der Waals surface area contributed by atoms with Gasteiger partial charge in [0, 0.05) is 6.08 Å². The lowest BCUT2D eigenvalue weighted by molar-refractivity contribution is -0.143. The molecule has 0 radical (unpaired) electrons. The SMILES string of the molecule is CC=CC=CC(=O)O.O=C(O)CCC(=O)O. The largest absolute Gasteiger partial charge is 0.481 e. The van der Waals surface area contributed by atoms with Crippen LogP contribution < -0.4 is 0 Å². The van der Waals surface area contributed by atoms with Crippen molar-refractivity contribution < 1.29 is 29.7 Å². The Labute approximate surface area is 92.5 Å². The molecule has 0 aromatic carbocycles. The number of rotatable bonds is 5. The molecule has 0 amide bonds. The quantitative estimate of drug-likeness (QED) is 0.482. The number of carboxylic acid groups (broad SMARTS) is 3. The Balaban J connectivity index is 0. The van der Waals surface area contributed by atoms with E-state index in [1.54, 1.807) is 12.2 Å². The van der Waals surface area contributed by atoms with Crippen LogP contribution in [0.1, 0.15) is 19.8 Å².